The molecule has 186 valence electrons. The van der Waals surface area contributed by atoms with Gasteiger partial charge in [-0.2, -0.15) is 5.10 Å². The molecule has 0 bridgehead atoms. The minimum absolute atomic E-state index is 0.0852. The molecule has 0 unspecified atom stereocenters. The monoisotopic (exact) mass is 547 g/mol. The summed E-state index contributed by atoms with van der Waals surface area (Å²) >= 11 is 3.67. The number of benzene rings is 3. The summed E-state index contributed by atoms with van der Waals surface area (Å²) in [5, 5.41) is 7.47. The van der Waals surface area contributed by atoms with Gasteiger partial charge in [0.15, 0.2) is 11.5 Å². The highest BCUT2D eigenvalue weighted by atomic mass is 79.9. The van der Waals surface area contributed by atoms with Crippen molar-refractivity contribution in [2.45, 2.75) is 37.6 Å². The Bertz CT molecular complexity index is 1290. The van der Waals surface area contributed by atoms with Crippen LogP contribution in [-0.2, 0) is 6.54 Å². The van der Waals surface area contributed by atoms with Crippen molar-refractivity contribution >= 4 is 21.6 Å². The lowest BCUT2D eigenvalue weighted by atomic mass is 9.90. The van der Waals surface area contributed by atoms with Gasteiger partial charge in [-0.25, -0.2) is 5.01 Å². The fraction of sp³-hybridized carbons (Fsp3) is 0.345. The summed E-state index contributed by atoms with van der Waals surface area (Å²) in [4.78, 5) is 2.51. The highest BCUT2D eigenvalue weighted by Gasteiger charge is 2.52. The minimum Gasteiger partial charge on any atom is -0.497 e. The lowest BCUT2D eigenvalue weighted by Gasteiger charge is -2.51. The van der Waals surface area contributed by atoms with Gasteiger partial charge in [-0.1, -0.05) is 58.4 Å². The predicted molar refractivity (Wildman–Crippen MR) is 144 cm³/mol. The smallest absolute Gasteiger partial charge is 0.200 e. The lowest BCUT2D eigenvalue weighted by Crippen LogP contribution is -2.59. The normalized spacial score (nSPS) is 20.4. The van der Waals surface area contributed by atoms with Crippen LogP contribution in [0.1, 0.15) is 42.0 Å². The molecule has 1 fully saturated rings. The molecular weight excluding hydrogens is 518 g/mol. The summed E-state index contributed by atoms with van der Waals surface area (Å²) in [5.41, 5.74) is 4.09. The van der Waals surface area contributed by atoms with E-state index in [9.17, 15) is 0 Å². The molecule has 1 atom stereocenters. The Kier molecular flexibility index (Phi) is 6.13. The first kappa shape index (κ1) is 23.4. The molecule has 0 radical (unpaired) electrons. The Labute approximate surface area is 220 Å². The number of hydrazone groups is 1. The summed E-state index contributed by atoms with van der Waals surface area (Å²) in [6.45, 7) is 2.83. The molecule has 3 aromatic rings. The molecule has 3 aliphatic heterocycles. The van der Waals surface area contributed by atoms with Crippen molar-refractivity contribution in [2.75, 3.05) is 27.3 Å². The number of piperidine rings is 1. The lowest BCUT2D eigenvalue weighted by molar-refractivity contribution is -0.151. The van der Waals surface area contributed by atoms with Crippen LogP contribution in [0.4, 0.5) is 0 Å². The number of likely N-dealkylation sites (tertiary alicyclic amines) is 1. The Morgan fingerprint density at radius 2 is 1.81 bits per heavy atom. The zero-order valence-corrected chi connectivity index (χ0v) is 22.2. The highest BCUT2D eigenvalue weighted by Crippen LogP contribution is 2.53. The highest BCUT2D eigenvalue weighted by molar-refractivity contribution is 9.10. The van der Waals surface area contributed by atoms with E-state index in [1.54, 1.807) is 14.2 Å². The van der Waals surface area contributed by atoms with Crippen LogP contribution in [0.15, 0.2) is 76.3 Å². The van der Waals surface area contributed by atoms with Crippen LogP contribution in [0.3, 0.4) is 0 Å². The number of hydrogen-bond acceptors (Lipinski definition) is 6. The maximum absolute atomic E-state index is 6.90. The number of ether oxygens (including phenoxy) is 3. The second kappa shape index (κ2) is 9.45. The van der Waals surface area contributed by atoms with Gasteiger partial charge in [0.05, 0.1) is 26.0 Å². The number of fused-ring (bicyclic) bond motifs is 4. The van der Waals surface area contributed by atoms with Crippen molar-refractivity contribution in [3.63, 3.8) is 0 Å². The first-order chi connectivity index (χ1) is 17.6. The van der Waals surface area contributed by atoms with E-state index >= 15 is 0 Å². The van der Waals surface area contributed by atoms with Crippen LogP contribution in [-0.4, -0.2) is 48.7 Å². The van der Waals surface area contributed by atoms with E-state index in [1.165, 1.54) is 5.56 Å². The molecule has 3 heterocycles. The van der Waals surface area contributed by atoms with E-state index in [0.717, 1.165) is 77.5 Å². The molecule has 7 heteroatoms. The molecule has 0 amide bonds. The fourth-order valence-electron chi connectivity index (χ4n) is 5.67. The maximum Gasteiger partial charge on any atom is 0.200 e. The first-order valence-corrected chi connectivity index (χ1v) is 13.2. The molecule has 3 aromatic carbocycles. The molecule has 0 saturated carbocycles. The van der Waals surface area contributed by atoms with Crippen molar-refractivity contribution in [1.82, 2.24) is 9.91 Å². The number of nitrogens with zero attached hydrogens (tertiary/aromatic N) is 3. The number of methoxy groups -OCH3 is 2. The number of halogens is 1. The SMILES string of the molecule is COc1cccc(C2=NN3[C@@H](C2)c2cc(Br)cc(OC)c2OC32CCN(Cc3ccccc3)CC2)c1. The number of hydrogen-bond donors (Lipinski definition) is 0. The van der Waals surface area contributed by atoms with Gasteiger partial charge in [-0.05, 0) is 29.8 Å². The van der Waals surface area contributed by atoms with Gasteiger partial charge in [-0.15, -0.1) is 0 Å². The maximum atomic E-state index is 6.90. The van der Waals surface area contributed by atoms with Gasteiger partial charge < -0.3 is 14.2 Å². The Balaban J connectivity index is 1.35. The Morgan fingerprint density at radius 1 is 1.00 bits per heavy atom. The van der Waals surface area contributed by atoms with Crippen LogP contribution in [0.5, 0.6) is 17.2 Å². The molecule has 6 rings (SSSR count). The number of rotatable bonds is 5. The van der Waals surface area contributed by atoms with E-state index in [4.69, 9.17) is 19.3 Å². The van der Waals surface area contributed by atoms with E-state index in [2.05, 4.69) is 74.4 Å². The van der Waals surface area contributed by atoms with Gasteiger partial charge in [0, 0.05) is 54.5 Å². The van der Waals surface area contributed by atoms with Crippen LogP contribution < -0.4 is 14.2 Å². The topological polar surface area (TPSA) is 46.5 Å². The second-order valence-corrected chi connectivity index (χ2v) is 10.6. The third-order valence-electron chi connectivity index (χ3n) is 7.54. The quantitative estimate of drug-likeness (QED) is 0.392. The van der Waals surface area contributed by atoms with E-state index < -0.39 is 5.72 Å². The standard InChI is InChI=1S/C29H30BrN3O3/c1-34-23-10-6-9-21(15-23)25-18-26-24-16-22(30)17-27(35-2)28(24)36-29(33(26)31-25)11-13-32(14-12-29)19-20-7-4-3-5-8-20/h3-10,15-17,26H,11-14,18-19H2,1-2H3/t26-/m0/s1. The molecule has 1 saturated heterocycles. The molecular formula is C29H30BrN3O3. The molecule has 0 N–H and O–H groups in total. The predicted octanol–water partition coefficient (Wildman–Crippen LogP) is 6.00. The molecule has 6 nitrogen and oxygen atoms in total. The van der Waals surface area contributed by atoms with E-state index in [-0.39, 0.29) is 6.04 Å². The van der Waals surface area contributed by atoms with Crippen molar-refractivity contribution in [1.29, 1.82) is 0 Å². The van der Waals surface area contributed by atoms with Crippen molar-refractivity contribution < 1.29 is 14.2 Å². The zero-order chi connectivity index (χ0) is 24.7. The van der Waals surface area contributed by atoms with Gasteiger partial charge >= 0.3 is 0 Å². The van der Waals surface area contributed by atoms with Crippen LogP contribution in [0.25, 0.3) is 0 Å². The third-order valence-corrected chi connectivity index (χ3v) is 7.99. The van der Waals surface area contributed by atoms with Crippen molar-refractivity contribution in [2.24, 2.45) is 5.10 Å². The summed E-state index contributed by atoms with van der Waals surface area (Å²) in [7, 11) is 3.41. The molecule has 0 aliphatic carbocycles. The minimum atomic E-state index is -0.507. The summed E-state index contributed by atoms with van der Waals surface area (Å²) in [6, 6.07) is 23.1. The largest absolute Gasteiger partial charge is 0.497 e. The van der Waals surface area contributed by atoms with Crippen LogP contribution in [0.2, 0.25) is 0 Å². The molecule has 3 aliphatic rings. The third kappa shape index (κ3) is 4.14. The van der Waals surface area contributed by atoms with Gasteiger partial charge in [0.1, 0.15) is 5.75 Å². The van der Waals surface area contributed by atoms with Gasteiger partial charge in [0.2, 0.25) is 5.72 Å². The van der Waals surface area contributed by atoms with E-state index in [1.807, 2.05) is 18.2 Å². The zero-order valence-electron chi connectivity index (χ0n) is 20.6. The summed E-state index contributed by atoms with van der Waals surface area (Å²) in [5.74, 6) is 2.45. The molecule has 0 aromatic heterocycles. The average molecular weight is 548 g/mol. The summed E-state index contributed by atoms with van der Waals surface area (Å²) in [6.07, 6.45) is 2.53. The summed E-state index contributed by atoms with van der Waals surface area (Å²) < 4.78 is 19.1. The fourth-order valence-corrected chi connectivity index (χ4v) is 6.13. The van der Waals surface area contributed by atoms with Crippen molar-refractivity contribution in [3.05, 3.63) is 87.9 Å². The van der Waals surface area contributed by atoms with E-state index in [0.29, 0.717) is 0 Å². The molecule has 1 spiro atoms. The van der Waals surface area contributed by atoms with Crippen LogP contribution in [0, 0.1) is 0 Å². The second-order valence-electron chi connectivity index (χ2n) is 9.68. The average Bonchev–Trinajstić information content (AvgIpc) is 3.38. The Morgan fingerprint density at radius 3 is 2.56 bits per heavy atom. The molecule has 36 heavy (non-hydrogen) atoms. The van der Waals surface area contributed by atoms with Gasteiger partial charge in [-0.3, -0.25) is 4.90 Å². The van der Waals surface area contributed by atoms with Crippen LogP contribution >= 0.6 is 15.9 Å². The Hall–Kier alpha value is -3.03. The first-order valence-electron chi connectivity index (χ1n) is 12.4. The van der Waals surface area contributed by atoms with Crippen molar-refractivity contribution in [3.8, 4) is 17.2 Å². The van der Waals surface area contributed by atoms with Gasteiger partial charge in [0.25, 0.3) is 0 Å².